The fourth-order valence-corrected chi connectivity index (χ4v) is 3.41. The smallest absolute Gasteiger partial charge is 0.0774 e. The van der Waals surface area contributed by atoms with E-state index >= 15 is 0 Å². The SMILES string of the molecule is CCC1CCCN(CC2(O)CCCCC2)C1. The van der Waals surface area contributed by atoms with E-state index in [1.165, 1.54) is 51.6 Å². The molecule has 1 unspecified atom stereocenters. The Kier molecular flexibility index (Phi) is 4.26. The third-order valence-electron chi connectivity index (χ3n) is 4.48. The summed E-state index contributed by atoms with van der Waals surface area (Å²) in [5.41, 5.74) is -0.353. The van der Waals surface area contributed by atoms with Crippen LogP contribution in [0.15, 0.2) is 0 Å². The van der Waals surface area contributed by atoms with Crippen LogP contribution in [0.4, 0.5) is 0 Å². The highest BCUT2D eigenvalue weighted by Gasteiger charge is 2.32. The number of piperidine rings is 1. The van der Waals surface area contributed by atoms with Crippen LogP contribution in [-0.4, -0.2) is 35.2 Å². The van der Waals surface area contributed by atoms with Gasteiger partial charge in [-0.25, -0.2) is 0 Å². The van der Waals surface area contributed by atoms with E-state index in [4.69, 9.17) is 0 Å². The quantitative estimate of drug-likeness (QED) is 0.798. The lowest BCUT2D eigenvalue weighted by molar-refractivity contribution is -0.0345. The van der Waals surface area contributed by atoms with Crippen LogP contribution in [0.5, 0.6) is 0 Å². The Balaban J connectivity index is 1.83. The molecule has 1 saturated carbocycles. The Morgan fingerprint density at radius 2 is 1.94 bits per heavy atom. The fraction of sp³-hybridized carbons (Fsp3) is 1.00. The van der Waals surface area contributed by atoms with Gasteiger partial charge in [-0.2, -0.15) is 0 Å². The van der Waals surface area contributed by atoms with Crippen molar-refractivity contribution >= 4 is 0 Å². The Hall–Kier alpha value is -0.0800. The van der Waals surface area contributed by atoms with Gasteiger partial charge in [0.15, 0.2) is 0 Å². The molecule has 2 aliphatic rings. The first-order chi connectivity index (χ1) is 7.72. The summed E-state index contributed by atoms with van der Waals surface area (Å²) in [5.74, 6) is 0.876. The van der Waals surface area contributed by atoms with Crippen molar-refractivity contribution in [2.75, 3.05) is 19.6 Å². The van der Waals surface area contributed by atoms with E-state index in [1.54, 1.807) is 0 Å². The predicted octanol–water partition coefficient (Wildman–Crippen LogP) is 2.80. The zero-order valence-electron chi connectivity index (χ0n) is 10.7. The van der Waals surface area contributed by atoms with E-state index in [0.717, 1.165) is 25.3 Å². The summed E-state index contributed by atoms with van der Waals surface area (Å²) in [7, 11) is 0. The number of nitrogens with zero attached hydrogens (tertiary/aromatic N) is 1. The number of hydrogen-bond acceptors (Lipinski definition) is 2. The first-order valence-electron chi connectivity index (χ1n) is 7.16. The van der Waals surface area contributed by atoms with Gasteiger partial charge >= 0.3 is 0 Å². The zero-order chi connectivity index (χ0) is 11.4. The molecule has 0 bridgehead atoms. The van der Waals surface area contributed by atoms with E-state index in [2.05, 4.69) is 11.8 Å². The molecule has 2 nitrogen and oxygen atoms in total. The van der Waals surface area contributed by atoms with Gasteiger partial charge in [-0.15, -0.1) is 0 Å². The minimum absolute atomic E-state index is 0.353. The maximum absolute atomic E-state index is 10.5. The van der Waals surface area contributed by atoms with Gasteiger partial charge in [0.1, 0.15) is 0 Å². The minimum Gasteiger partial charge on any atom is -0.389 e. The number of β-amino-alcohol motifs (C(OH)–C–C–N with tert-alkyl or cyclic N) is 1. The number of aliphatic hydroxyl groups is 1. The van der Waals surface area contributed by atoms with Crippen molar-refractivity contribution < 1.29 is 5.11 Å². The Bertz CT molecular complexity index is 211. The van der Waals surface area contributed by atoms with Crippen molar-refractivity contribution in [1.29, 1.82) is 0 Å². The van der Waals surface area contributed by atoms with E-state index in [1.807, 2.05) is 0 Å². The van der Waals surface area contributed by atoms with Crippen LogP contribution in [-0.2, 0) is 0 Å². The molecule has 0 aromatic heterocycles. The van der Waals surface area contributed by atoms with Crippen LogP contribution in [0.25, 0.3) is 0 Å². The third-order valence-corrected chi connectivity index (χ3v) is 4.48. The van der Waals surface area contributed by atoms with Crippen LogP contribution >= 0.6 is 0 Å². The molecule has 0 aromatic rings. The van der Waals surface area contributed by atoms with E-state index < -0.39 is 0 Å². The molecule has 1 N–H and O–H groups in total. The molecule has 94 valence electrons. The molecule has 1 heterocycles. The van der Waals surface area contributed by atoms with Gasteiger partial charge in [0.05, 0.1) is 5.60 Å². The Morgan fingerprint density at radius 3 is 2.62 bits per heavy atom. The number of rotatable bonds is 3. The minimum atomic E-state index is -0.353. The van der Waals surface area contributed by atoms with E-state index in [0.29, 0.717) is 0 Å². The monoisotopic (exact) mass is 225 g/mol. The Morgan fingerprint density at radius 1 is 1.19 bits per heavy atom. The van der Waals surface area contributed by atoms with Crippen molar-refractivity contribution in [2.45, 2.75) is 63.9 Å². The Labute approximate surface area is 100 Å². The lowest BCUT2D eigenvalue weighted by atomic mass is 9.83. The van der Waals surface area contributed by atoms with Crippen LogP contribution < -0.4 is 0 Å². The molecular weight excluding hydrogens is 198 g/mol. The molecule has 16 heavy (non-hydrogen) atoms. The predicted molar refractivity (Wildman–Crippen MR) is 67.5 cm³/mol. The molecule has 1 aliphatic heterocycles. The highest BCUT2D eigenvalue weighted by molar-refractivity contribution is 4.87. The average molecular weight is 225 g/mol. The molecule has 2 heteroatoms. The molecule has 1 saturated heterocycles. The molecule has 0 aromatic carbocycles. The van der Waals surface area contributed by atoms with Crippen molar-refractivity contribution in [3.8, 4) is 0 Å². The summed E-state index contributed by atoms with van der Waals surface area (Å²) in [5, 5.41) is 10.5. The van der Waals surface area contributed by atoms with E-state index in [9.17, 15) is 5.11 Å². The molecule has 2 fully saturated rings. The summed E-state index contributed by atoms with van der Waals surface area (Å²) in [6, 6.07) is 0. The average Bonchev–Trinajstić information content (AvgIpc) is 2.29. The third kappa shape index (κ3) is 3.21. The molecule has 2 rings (SSSR count). The molecule has 0 radical (unpaired) electrons. The van der Waals surface area contributed by atoms with Crippen LogP contribution in [0, 0.1) is 5.92 Å². The number of likely N-dealkylation sites (tertiary alicyclic amines) is 1. The largest absolute Gasteiger partial charge is 0.389 e. The van der Waals surface area contributed by atoms with Crippen LogP contribution in [0.3, 0.4) is 0 Å². The van der Waals surface area contributed by atoms with Gasteiger partial charge in [-0.05, 0) is 38.1 Å². The van der Waals surface area contributed by atoms with Crippen molar-refractivity contribution in [3.63, 3.8) is 0 Å². The standard InChI is InChI=1S/C14H27NO/c1-2-13-7-6-10-15(11-13)12-14(16)8-4-3-5-9-14/h13,16H,2-12H2,1H3. The van der Waals surface area contributed by atoms with Crippen LogP contribution in [0.1, 0.15) is 58.3 Å². The number of hydrogen-bond donors (Lipinski definition) is 1. The lowest BCUT2D eigenvalue weighted by Crippen LogP contribution is -2.47. The highest BCUT2D eigenvalue weighted by Crippen LogP contribution is 2.30. The van der Waals surface area contributed by atoms with Gasteiger partial charge in [-0.3, -0.25) is 0 Å². The molecule has 0 amide bonds. The summed E-state index contributed by atoms with van der Waals surface area (Å²) < 4.78 is 0. The summed E-state index contributed by atoms with van der Waals surface area (Å²) in [4.78, 5) is 2.52. The van der Waals surface area contributed by atoms with Crippen molar-refractivity contribution in [2.24, 2.45) is 5.92 Å². The second-order valence-corrected chi connectivity index (χ2v) is 5.94. The first-order valence-corrected chi connectivity index (χ1v) is 7.16. The van der Waals surface area contributed by atoms with Gasteiger partial charge in [0.25, 0.3) is 0 Å². The lowest BCUT2D eigenvalue weighted by Gasteiger charge is -2.40. The topological polar surface area (TPSA) is 23.5 Å². The normalized spacial score (nSPS) is 31.5. The maximum Gasteiger partial charge on any atom is 0.0774 e. The van der Waals surface area contributed by atoms with Crippen molar-refractivity contribution in [3.05, 3.63) is 0 Å². The highest BCUT2D eigenvalue weighted by atomic mass is 16.3. The zero-order valence-corrected chi connectivity index (χ0v) is 10.7. The summed E-state index contributed by atoms with van der Waals surface area (Å²) in [6.45, 7) is 5.66. The summed E-state index contributed by atoms with van der Waals surface area (Å²) >= 11 is 0. The first kappa shape index (κ1) is 12.4. The van der Waals surface area contributed by atoms with Gasteiger partial charge in [0, 0.05) is 13.1 Å². The second-order valence-electron chi connectivity index (χ2n) is 5.94. The molecule has 0 spiro atoms. The maximum atomic E-state index is 10.5. The molecule has 1 aliphatic carbocycles. The second kappa shape index (κ2) is 5.50. The fourth-order valence-electron chi connectivity index (χ4n) is 3.41. The van der Waals surface area contributed by atoms with Crippen molar-refractivity contribution in [1.82, 2.24) is 4.90 Å². The molecule has 1 atom stereocenters. The van der Waals surface area contributed by atoms with Gasteiger partial charge in [-0.1, -0.05) is 32.6 Å². The van der Waals surface area contributed by atoms with Gasteiger partial charge in [0.2, 0.25) is 0 Å². The van der Waals surface area contributed by atoms with E-state index in [-0.39, 0.29) is 5.60 Å². The van der Waals surface area contributed by atoms with Gasteiger partial charge < -0.3 is 10.0 Å². The van der Waals surface area contributed by atoms with Crippen LogP contribution in [0.2, 0.25) is 0 Å². The molecular formula is C14H27NO. The summed E-state index contributed by atoms with van der Waals surface area (Å²) in [6.07, 6.45) is 9.85.